The Labute approximate surface area is 89.0 Å². The van der Waals surface area contributed by atoms with Gasteiger partial charge in [0.25, 0.3) is 0 Å². The molecule has 0 unspecified atom stereocenters. The molecule has 15 heavy (non-hydrogen) atoms. The highest BCUT2D eigenvalue weighted by atomic mass is 14.8. The SMILES string of the molecule is NCC(c1ccccn1)c1ccccn1. The van der Waals surface area contributed by atoms with Crippen LogP contribution in [0.2, 0.25) is 0 Å². The summed E-state index contributed by atoms with van der Waals surface area (Å²) < 4.78 is 0. The van der Waals surface area contributed by atoms with Crippen molar-refractivity contribution in [3.8, 4) is 0 Å². The van der Waals surface area contributed by atoms with Crippen LogP contribution in [0.3, 0.4) is 0 Å². The van der Waals surface area contributed by atoms with Crippen molar-refractivity contribution < 1.29 is 0 Å². The maximum absolute atomic E-state index is 5.76. The van der Waals surface area contributed by atoms with E-state index in [1.807, 2.05) is 36.4 Å². The standard InChI is InChI=1S/C12H13N3/c13-9-10(11-5-1-3-7-14-11)12-6-2-4-8-15-12/h1-8,10H,9,13H2. The maximum Gasteiger partial charge on any atom is 0.0558 e. The highest BCUT2D eigenvalue weighted by molar-refractivity contribution is 5.22. The van der Waals surface area contributed by atoms with Gasteiger partial charge in [-0.15, -0.1) is 0 Å². The zero-order chi connectivity index (χ0) is 10.5. The van der Waals surface area contributed by atoms with E-state index in [-0.39, 0.29) is 5.92 Å². The van der Waals surface area contributed by atoms with Gasteiger partial charge in [-0.1, -0.05) is 12.1 Å². The fourth-order valence-corrected chi connectivity index (χ4v) is 1.56. The first-order valence-electron chi connectivity index (χ1n) is 4.93. The highest BCUT2D eigenvalue weighted by Crippen LogP contribution is 2.18. The number of nitrogens with two attached hydrogens (primary N) is 1. The molecule has 0 fully saturated rings. The summed E-state index contributed by atoms with van der Waals surface area (Å²) in [6.07, 6.45) is 3.56. The van der Waals surface area contributed by atoms with Gasteiger partial charge in [0.05, 0.1) is 17.3 Å². The Balaban J connectivity index is 2.34. The number of hydrogen-bond donors (Lipinski definition) is 1. The molecule has 2 rings (SSSR count). The number of hydrogen-bond acceptors (Lipinski definition) is 3. The van der Waals surface area contributed by atoms with Crippen molar-refractivity contribution >= 4 is 0 Å². The third-order valence-electron chi connectivity index (χ3n) is 2.33. The summed E-state index contributed by atoms with van der Waals surface area (Å²) in [6, 6.07) is 11.7. The molecule has 0 atom stereocenters. The molecule has 2 N–H and O–H groups in total. The Hall–Kier alpha value is -1.74. The Morgan fingerprint density at radius 1 is 0.933 bits per heavy atom. The summed E-state index contributed by atoms with van der Waals surface area (Å²) in [4.78, 5) is 8.61. The summed E-state index contributed by atoms with van der Waals surface area (Å²) in [5, 5.41) is 0. The zero-order valence-corrected chi connectivity index (χ0v) is 8.38. The minimum atomic E-state index is 0.0902. The van der Waals surface area contributed by atoms with E-state index in [0.29, 0.717) is 6.54 Å². The molecule has 3 heteroatoms. The van der Waals surface area contributed by atoms with E-state index in [9.17, 15) is 0 Å². The Bertz CT molecular complexity index is 360. The average Bonchev–Trinajstić information content (AvgIpc) is 2.33. The van der Waals surface area contributed by atoms with Gasteiger partial charge in [-0.05, 0) is 24.3 Å². The predicted molar refractivity (Wildman–Crippen MR) is 59.4 cm³/mol. The van der Waals surface area contributed by atoms with Crippen LogP contribution in [0.15, 0.2) is 48.8 Å². The molecule has 0 bridgehead atoms. The predicted octanol–water partition coefficient (Wildman–Crippen LogP) is 1.57. The van der Waals surface area contributed by atoms with Gasteiger partial charge in [0.2, 0.25) is 0 Å². The topological polar surface area (TPSA) is 51.8 Å². The number of aromatic nitrogens is 2. The number of rotatable bonds is 3. The Morgan fingerprint density at radius 2 is 1.47 bits per heavy atom. The molecule has 0 aliphatic rings. The third kappa shape index (κ3) is 2.19. The molecule has 0 saturated heterocycles. The fourth-order valence-electron chi connectivity index (χ4n) is 1.56. The van der Waals surface area contributed by atoms with Crippen LogP contribution < -0.4 is 5.73 Å². The van der Waals surface area contributed by atoms with Crippen molar-refractivity contribution in [2.24, 2.45) is 5.73 Å². The zero-order valence-electron chi connectivity index (χ0n) is 8.38. The average molecular weight is 199 g/mol. The molecule has 2 heterocycles. The first kappa shape index (κ1) is 9.80. The van der Waals surface area contributed by atoms with Crippen LogP contribution in [0, 0.1) is 0 Å². The fraction of sp³-hybridized carbons (Fsp3) is 0.167. The molecule has 2 aromatic rings. The quantitative estimate of drug-likeness (QED) is 0.816. The molecular weight excluding hydrogens is 186 g/mol. The van der Waals surface area contributed by atoms with E-state index in [0.717, 1.165) is 11.4 Å². The van der Waals surface area contributed by atoms with E-state index in [4.69, 9.17) is 5.73 Å². The van der Waals surface area contributed by atoms with Crippen LogP contribution >= 0.6 is 0 Å². The Kier molecular flexibility index (Phi) is 3.05. The maximum atomic E-state index is 5.76. The van der Waals surface area contributed by atoms with E-state index in [1.54, 1.807) is 12.4 Å². The first-order chi connectivity index (χ1) is 7.42. The van der Waals surface area contributed by atoms with Gasteiger partial charge in [0.1, 0.15) is 0 Å². The van der Waals surface area contributed by atoms with Crippen LogP contribution in [0.4, 0.5) is 0 Å². The lowest BCUT2D eigenvalue weighted by atomic mass is 10.0. The second kappa shape index (κ2) is 4.66. The van der Waals surface area contributed by atoms with Gasteiger partial charge in [0, 0.05) is 18.9 Å². The first-order valence-corrected chi connectivity index (χ1v) is 4.93. The van der Waals surface area contributed by atoms with Gasteiger partial charge in [0.15, 0.2) is 0 Å². The molecule has 0 radical (unpaired) electrons. The van der Waals surface area contributed by atoms with Gasteiger partial charge >= 0.3 is 0 Å². The molecular formula is C12H13N3. The number of nitrogens with zero attached hydrogens (tertiary/aromatic N) is 2. The summed E-state index contributed by atoms with van der Waals surface area (Å²) in [6.45, 7) is 0.522. The van der Waals surface area contributed by atoms with E-state index in [2.05, 4.69) is 9.97 Å². The van der Waals surface area contributed by atoms with Crippen LogP contribution in [0.25, 0.3) is 0 Å². The molecule has 0 aromatic carbocycles. The molecule has 0 amide bonds. The summed E-state index contributed by atoms with van der Waals surface area (Å²) in [7, 11) is 0. The minimum Gasteiger partial charge on any atom is -0.329 e. The van der Waals surface area contributed by atoms with E-state index in [1.165, 1.54) is 0 Å². The molecule has 2 aromatic heterocycles. The normalized spacial score (nSPS) is 10.5. The van der Waals surface area contributed by atoms with Gasteiger partial charge < -0.3 is 5.73 Å². The van der Waals surface area contributed by atoms with Crippen LogP contribution in [0.5, 0.6) is 0 Å². The van der Waals surface area contributed by atoms with Crippen molar-refractivity contribution in [1.82, 2.24) is 9.97 Å². The largest absolute Gasteiger partial charge is 0.329 e. The van der Waals surface area contributed by atoms with Crippen LogP contribution in [0.1, 0.15) is 17.3 Å². The second-order valence-electron chi connectivity index (χ2n) is 3.30. The lowest BCUT2D eigenvalue weighted by molar-refractivity contribution is 0.760. The van der Waals surface area contributed by atoms with Gasteiger partial charge in [-0.2, -0.15) is 0 Å². The third-order valence-corrected chi connectivity index (χ3v) is 2.33. The molecule has 0 aliphatic heterocycles. The van der Waals surface area contributed by atoms with E-state index < -0.39 is 0 Å². The monoisotopic (exact) mass is 199 g/mol. The minimum absolute atomic E-state index is 0.0902. The lowest BCUT2D eigenvalue weighted by Gasteiger charge is -2.12. The van der Waals surface area contributed by atoms with Crippen LogP contribution in [-0.2, 0) is 0 Å². The highest BCUT2D eigenvalue weighted by Gasteiger charge is 2.13. The smallest absolute Gasteiger partial charge is 0.0558 e. The Morgan fingerprint density at radius 3 is 1.80 bits per heavy atom. The molecule has 0 aliphatic carbocycles. The van der Waals surface area contributed by atoms with Crippen molar-refractivity contribution in [2.75, 3.05) is 6.54 Å². The van der Waals surface area contributed by atoms with Gasteiger partial charge in [-0.3, -0.25) is 9.97 Å². The molecule has 0 saturated carbocycles. The van der Waals surface area contributed by atoms with Crippen molar-refractivity contribution in [3.63, 3.8) is 0 Å². The van der Waals surface area contributed by atoms with Crippen LogP contribution in [-0.4, -0.2) is 16.5 Å². The summed E-state index contributed by atoms with van der Waals surface area (Å²) in [5.41, 5.74) is 7.70. The van der Waals surface area contributed by atoms with E-state index >= 15 is 0 Å². The van der Waals surface area contributed by atoms with Crippen molar-refractivity contribution in [1.29, 1.82) is 0 Å². The summed E-state index contributed by atoms with van der Waals surface area (Å²) in [5.74, 6) is 0.0902. The molecule has 76 valence electrons. The molecule has 3 nitrogen and oxygen atoms in total. The summed E-state index contributed by atoms with van der Waals surface area (Å²) >= 11 is 0. The van der Waals surface area contributed by atoms with Crippen molar-refractivity contribution in [3.05, 3.63) is 60.2 Å². The lowest BCUT2D eigenvalue weighted by Crippen LogP contribution is -2.16. The number of pyridine rings is 2. The van der Waals surface area contributed by atoms with Gasteiger partial charge in [-0.25, -0.2) is 0 Å². The van der Waals surface area contributed by atoms with Crippen molar-refractivity contribution in [2.45, 2.75) is 5.92 Å². The molecule has 0 spiro atoms. The second-order valence-corrected chi connectivity index (χ2v) is 3.30.